The number of nitrogens with one attached hydrogen (secondary N) is 2. The van der Waals surface area contributed by atoms with Crippen LogP contribution in [0.15, 0.2) is 18.5 Å². The molecule has 0 fully saturated rings. The average molecular weight is 289 g/mol. The van der Waals surface area contributed by atoms with Crippen LogP contribution < -0.4 is 10.6 Å². The number of hydrogen-bond acceptors (Lipinski definition) is 6. The molecule has 2 aromatic heterocycles. The molecule has 0 saturated heterocycles. The van der Waals surface area contributed by atoms with E-state index in [1.54, 1.807) is 24.1 Å². The van der Waals surface area contributed by atoms with Crippen LogP contribution in [0.5, 0.6) is 0 Å². The van der Waals surface area contributed by atoms with Gasteiger partial charge in [0.2, 0.25) is 11.9 Å². The lowest BCUT2D eigenvalue weighted by atomic mass is 10.1. The molecule has 0 aliphatic heterocycles. The minimum Gasteiger partial charge on any atom is -0.357 e. The Labute approximate surface area is 125 Å². The Hall–Kier alpha value is -2.18. The second kappa shape index (κ2) is 7.56. The molecule has 0 spiro atoms. The summed E-state index contributed by atoms with van der Waals surface area (Å²) >= 11 is 0. The van der Waals surface area contributed by atoms with E-state index in [1.807, 2.05) is 6.07 Å². The topological polar surface area (TPSA) is 80.5 Å². The Morgan fingerprint density at radius 1 is 1.14 bits per heavy atom. The third-order valence-electron chi connectivity index (χ3n) is 3.05. The van der Waals surface area contributed by atoms with E-state index in [4.69, 9.17) is 0 Å². The maximum absolute atomic E-state index is 4.38. The molecular weight excluding hydrogens is 266 g/mol. The number of unbranched alkanes of at least 4 members (excludes halogenated alkanes) is 1. The highest BCUT2D eigenvalue weighted by molar-refractivity contribution is 5.37. The van der Waals surface area contributed by atoms with Crippen LogP contribution >= 0.6 is 0 Å². The summed E-state index contributed by atoms with van der Waals surface area (Å²) < 4.78 is 1.62. The molecule has 0 aliphatic carbocycles. The Kier molecular flexibility index (Phi) is 5.48. The van der Waals surface area contributed by atoms with Crippen molar-refractivity contribution in [3.63, 3.8) is 0 Å². The molecule has 0 aromatic carbocycles. The molecule has 0 aliphatic rings. The van der Waals surface area contributed by atoms with Gasteiger partial charge in [-0.3, -0.25) is 0 Å². The molecule has 7 nitrogen and oxygen atoms in total. The van der Waals surface area contributed by atoms with Crippen LogP contribution in [0.1, 0.15) is 33.1 Å². The molecule has 2 aromatic rings. The van der Waals surface area contributed by atoms with Gasteiger partial charge in [0.25, 0.3) is 5.95 Å². The highest BCUT2D eigenvalue weighted by atomic mass is 15.4. The summed E-state index contributed by atoms with van der Waals surface area (Å²) in [5.41, 5.74) is 0. The molecule has 0 saturated carbocycles. The van der Waals surface area contributed by atoms with Crippen molar-refractivity contribution < 1.29 is 0 Å². The fourth-order valence-electron chi connectivity index (χ4n) is 1.92. The summed E-state index contributed by atoms with van der Waals surface area (Å²) in [6.07, 6.45) is 7.07. The van der Waals surface area contributed by atoms with Crippen molar-refractivity contribution in [3.8, 4) is 5.95 Å². The van der Waals surface area contributed by atoms with Gasteiger partial charge < -0.3 is 10.6 Å². The van der Waals surface area contributed by atoms with E-state index in [0.29, 0.717) is 17.8 Å². The highest BCUT2D eigenvalue weighted by Gasteiger charge is 2.07. The van der Waals surface area contributed by atoms with E-state index >= 15 is 0 Å². The second-order valence-corrected chi connectivity index (χ2v) is 5.30. The van der Waals surface area contributed by atoms with E-state index in [9.17, 15) is 0 Å². The number of aromatic nitrogens is 5. The third-order valence-corrected chi connectivity index (χ3v) is 3.05. The minimum atomic E-state index is 0.504. The van der Waals surface area contributed by atoms with Crippen molar-refractivity contribution in [2.75, 3.05) is 24.2 Å². The molecule has 7 heteroatoms. The Bertz CT molecular complexity index is 536. The van der Waals surface area contributed by atoms with E-state index in [2.05, 4.69) is 44.5 Å². The molecule has 2 rings (SSSR count). The molecule has 0 bridgehead atoms. The third kappa shape index (κ3) is 4.70. The van der Waals surface area contributed by atoms with Gasteiger partial charge in [-0.2, -0.15) is 20.1 Å². The fraction of sp³-hybridized carbons (Fsp3) is 0.571. The molecule has 0 radical (unpaired) electrons. The Morgan fingerprint density at radius 3 is 2.62 bits per heavy atom. The monoisotopic (exact) mass is 289 g/mol. The van der Waals surface area contributed by atoms with Gasteiger partial charge >= 0.3 is 0 Å². The van der Waals surface area contributed by atoms with Gasteiger partial charge in [0.05, 0.1) is 0 Å². The predicted octanol–water partition coefficient (Wildman–Crippen LogP) is 2.34. The molecule has 2 heterocycles. The maximum Gasteiger partial charge on any atom is 0.257 e. The largest absolute Gasteiger partial charge is 0.357 e. The maximum atomic E-state index is 4.38. The lowest BCUT2D eigenvalue weighted by Gasteiger charge is -2.09. The van der Waals surface area contributed by atoms with Crippen LogP contribution in [0.4, 0.5) is 11.9 Å². The van der Waals surface area contributed by atoms with E-state index < -0.39 is 0 Å². The fourth-order valence-corrected chi connectivity index (χ4v) is 1.92. The number of rotatable bonds is 8. The average Bonchev–Trinajstić information content (AvgIpc) is 3.00. The van der Waals surface area contributed by atoms with Crippen LogP contribution in [-0.4, -0.2) is 38.3 Å². The lowest BCUT2D eigenvalue weighted by molar-refractivity contribution is 0.544. The van der Waals surface area contributed by atoms with E-state index in [0.717, 1.165) is 18.9 Å². The van der Waals surface area contributed by atoms with Crippen molar-refractivity contribution in [2.24, 2.45) is 5.92 Å². The Balaban J connectivity index is 1.97. The summed E-state index contributed by atoms with van der Waals surface area (Å²) in [7, 11) is 1.79. The number of hydrogen-bond donors (Lipinski definition) is 2. The van der Waals surface area contributed by atoms with E-state index in [-0.39, 0.29) is 0 Å². The molecule has 114 valence electrons. The zero-order valence-electron chi connectivity index (χ0n) is 12.9. The molecule has 2 N–H and O–H groups in total. The molecule has 0 atom stereocenters. The first-order chi connectivity index (χ1) is 10.2. The molecule has 0 unspecified atom stereocenters. The van der Waals surface area contributed by atoms with Crippen LogP contribution in [0.25, 0.3) is 5.95 Å². The van der Waals surface area contributed by atoms with Gasteiger partial charge in [-0.15, -0.1) is 0 Å². The molecule has 0 amide bonds. The second-order valence-electron chi connectivity index (χ2n) is 5.30. The zero-order valence-corrected chi connectivity index (χ0v) is 12.9. The minimum absolute atomic E-state index is 0.504. The quantitative estimate of drug-likeness (QED) is 0.726. The van der Waals surface area contributed by atoms with Gasteiger partial charge in [-0.05, 0) is 18.4 Å². The first-order valence-corrected chi connectivity index (χ1v) is 7.36. The highest BCUT2D eigenvalue weighted by Crippen LogP contribution is 2.10. The summed E-state index contributed by atoms with van der Waals surface area (Å²) in [6, 6.07) is 1.84. The van der Waals surface area contributed by atoms with Gasteiger partial charge in [0.15, 0.2) is 0 Å². The van der Waals surface area contributed by atoms with Crippen molar-refractivity contribution in [3.05, 3.63) is 18.5 Å². The van der Waals surface area contributed by atoms with Crippen LogP contribution in [0.3, 0.4) is 0 Å². The SMILES string of the molecule is CNc1nc(NCCCCC(C)C)nc(-n2cccn2)n1. The van der Waals surface area contributed by atoms with E-state index in [1.165, 1.54) is 12.8 Å². The van der Waals surface area contributed by atoms with Crippen molar-refractivity contribution in [1.82, 2.24) is 24.7 Å². The van der Waals surface area contributed by atoms with Crippen LogP contribution in [-0.2, 0) is 0 Å². The first-order valence-electron chi connectivity index (χ1n) is 7.36. The predicted molar refractivity (Wildman–Crippen MR) is 83.7 cm³/mol. The van der Waals surface area contributed by atoms with Gasteiger partial charge in [-0.25, -0.2) is 4.68 Å². The summed E-state index contributed by atoms with van der Waals surface area (Å²) in [6.45, 7) is 5.35. The molecule has 21 heavy (non-hydrogen) atoms. The normalized spacial score (nSPS) is 10.9. The van der Waals surface area contributed by atoms with Gasteiger partial charge in [0, 0.05) is 26.0 Å². The van der Waals surface area contributed by atoms with Gasteiger partial charge in [-0.1, -0.05) is 26.7 Å². The van der Waals surface area contributed by atoms with Crippen molar-refractivity contribution in [2.45, 2.75) is 33.1 Å². The van der Waals surface area contributed by atoms with Crippen molar-refractivity contribution in [1.29, 1.82) is 0 Å². The first kappa shape index (κ1) is 15.2. The number of anilines is 2. The molecular formula is C14H23N7. The smallest absolute Gasteiger partial charge is 0.257 e. The zero-order chi connectivity index (χ0) is 15.1. The van der Waals surface area contributed by atoms with Crippen molar-refractivity contribution >= 4 is 11.9 Å². The van der Waals surface area contributed by atoms with Gasteiger partial charge in [0.1, 0.15) is 0 Å². The lowest BCUT2D eigenvalue weighted by Crippen LogP contribution is -2.12. The van der Waals surface area contributed by atoms with Crippen LogP contribution in [0, 0.1) is 5.92 Å². The number of nitrogens with zero attached hydrogens (tertiary/aromatic N) is 5. The standard InChI is InChI=1S/C14H23N7/c1-11(2)7-4-5-8-16-13-18-12(15-3)19-14(20-13)21-10-6-9-17-21/h6,9-11H,4-5,7-8H2,1-3H3,(H2,15,16,18,19,20). The summed E-state index contributed by atoms with van der Waals surface area (Å²) in [5, 5.41) is 10.3. The summed E-state index contributed by atoms with van der Waals surface area (Å²) in [4.78, 5) is 13.0. The Morgan fingerprint density at radius 2 is 1.95 bits per heavy atom. The summed E-state index contributed by atoms with van der Waals surface area (Å²) in [5.74, 6) is 2.36. The van der Waals surface area contributed by atoms with Crippen LogP contribution in [0.2, 0.25) is 0 Å².